The minimum atomic E-state index is -0.284. The van der Waals surface area contributed by atoms with E-state index in [-0.39, 0.29) is 19.4 Å². The molecule has 0 heterocycles. The Bertz CT molecular complexity index is 500. The van der Waals surface area contributed by atoms with Crippen molar-refractivity contribution < 1.29 is 28.1 Å². The summed E-state index contributed by atoms with van der Waals surface area (Å²) in [5, 5.41) is 19.8. The number of esters is 1. The highest BCUT2D eigenvalue weighted by atomic mass is 79.9. The van der Waals surface area contributed by atoms with Gasteiger partial charge < -0.3 is 18.8 Å². The number of ether oxygens (including phenoxy) is 1. The number of aliphatic hydroxyl groups excluding tert-OH is 2. The fourth-order valence-electron chi connectivity index (χ4n) is 4.45. The molecule has 0 saturated heterocycles. The zero-order valence-corrected chi connectivity index (χ0v) is 26.2. The first-order chi connectivity index (χ1) is 17.9. The van der Waals surface area contributed by atoms with E-state index in [9.17, 15) is 15.0 Å². The quantitative estimate of drug-likeness (QED) is 0.0347. The van der Waals surface area contributed by atoms with E-state index < -0.39 is 0 Å². The summed E-state index contributed by atoms with van der Waals surface area (Å²) in [7, 11) is 1.54. The first kappa shape index (κ1) is 38.7. The van der Waals surface area contributed by atoms with Gasteiger partial charge >= 0.3 is 5.97 Å². The first-order valence-electron chi connectivity index (χ1n) is 15.0. The summed E-state index contributed by atoms with van der Waals surface area (Å²) >= 11 is 2.65. The topological polar surface area (TPSA) is 76.0 Å². The Balaban J connectivity index is 0. The Morgan fingerprint density at radius 3 is 1.35 bits per heavy atom. The van der Waals surface area contributed by atoms with Crippen LogP contribution in [-0.2, 0) is 13.4 Å². The Morgan fingerprint density at radius 2 is 1.03 bits per heavy atom. The van der Waals surface area contributed by atoms with E-state index in [4.69, 9.17) is 4.74 Å². The number of rotatable bonds is 26. The van der Waals surface area contributed by atoms with Crippen molar-refractivity contribution >= 4 is 22.2 Å². The van der Waals surface area contributed by atoms with Crippen molar-refractivity contribution in [3.8, 4) is 0 Å². The van der Waals surface area contributed by atoms with Gasteiger partial charge in [0, 0.05) is 5.57 Å². The fraction of sp³-hybridized carbons (Fsp3) is 0.900. The van der Waals surface area contributed by atoms with Crippen molar-refractivity contribution in [2.45, 2.75) is 136 Å². The maximum absolute atomic E-state index is 11.3. The zero-order valence-electron chi connectivity index (χ0n) is 24.6. The average Bonchev–Trinajstić information content (AvgIpc) is 2.89. The van der Waals surface area contributed by atoms with Crippen LogP contribution in [0.15, 0.2) is 12.2 Å². The molecular formula is C30H61BrNO5+. The van der Waals surface area contributed by atoms with E-state index in [1.54, 1.807) is 14.0 Å². The predicted octanol–water partition coefficient (Wildman–Crippen LogP) is 8.20. The fourth-order valence-corrected chi connectivity index (χ4v) is 4.45. The number of carbonyl (C=O) groups excluding carboxylic acids is 1. The van der Waals surface area contributed by atoms with E-state index in [1.807, 2.05) is 0 Å². The number of quaternary nitrogens is 1. The average molecular weight is 596 g/mol. The van der Waals surface area contributed by atoms with Crippen molar-refractivity contribution in [2.24, 2.45) is 0 Å². The summed E-state index contributed by atoms with van der Waals surface area (Å²) in [6.45, 7) is 9.90. The first-order valence-corrected chi connectivity index (χ1v) is 15.6. The maximum Gasteiger partial charge on any atom is 0.333 e. The largest absolute Gasteiger partial charge is 0.462 e. The van der Waals surface area contributed by atoms with E-state index in [1.165, 1.54) is 96.3 Å². The summed E-state index contributed by atoms with van der Waals surface area (Å²) in [5.41, 5.74) is 0.466. The summed E-state index contributed by atoms with van der Waals surface area (Å²) in [5.74, 6) is -0.284. The molecule has 0 aromatic heterocycles. The van der Waals surface area contributed by atoms with Crippen LogP contribution in [-0.4, -0.2) is 60.9 Å². The minimum absolute atomic E-state index is 0.0512. The van der Waals surface area contributed by atoms with Gasteiger partial charge in [0.25, 0.3) is 0 Å². The monoisotopic (exact) mass is 594 g/mol. The highest BCUT2D eigenvalue weighted by Gasteiger charge is 2.24. The molecule has 2 N–H and O–H groups in total. The number of unbranched alkanes of at least 4 members (excludes halogenated alkanes) is 17. The van der Waals surface area contributed by atoms with E-state index in [0.29, 0.717) is 16.7 Å². The molecule has 7 heteroatoms. The summed E-state index contributed by atoms with van der Waals surface area (Å²) in [6.07, 6.45) is 23.6. The number of aliphatic hydroxyl groups is 2. The third kappa shape index (κ3) is 26.9. The molecule has 0 aliphatic heterocycles. The van der Waals surface area contributed by atoms with Gasteiger partial charge in [-0.15, -0.1) is 0 Å². The lowest BCUT2D eigenvalue weighted by molar-refractivity contribution is -0.961. The number of carbonyl (C=O) groups is 1. The van der Waals surface area contributed by atoms with Crippen LogP contribution in [0.5, 0.6) is 0 Å². The van der Waals surface area contributed by atoms with E-state index >= 15 is 0 Å². The molecule has 0 aromatic carbocycles. The molecule has 222 valence electrons. The van der Waals surface area contributed by atoms with Gasteiger partial charge in [0.15, 0.2) is 13.5 Å². The highest BCUT2D eigenvalue weighted by Crippen LogP contribution is 2.16. The maximum atomic E-state index is 11.3. The second-order valence-electron chi connectivity index (χ2n) is 10.5. The third-order valence-corrected chi connectivity index (χ3v) is 6.94. The molecule has 0 bridgehead atoms. The highest BCUT2D eigenvalue weighted by molar-refractivity contribution is 9.06. The Hall–Kier alpha value is -0.470. The van der Waals surface area contributed by atoms with Gasteiger partial charge in [-0.2, -0.15) is 0 Å². The standard InChI is InChI=1S/C29H58NO4.CH3BrO/c1-4-5-6-7-8-9-11-14-17-20-23-30(26-31,27-32)24-21-18-15-12-10-13-16-19-22-25-34-29(33)28(2)3;1-3-2/h31-32H,2,4-27H2,1,3H3;1H3/q+1;. The van der Waals surface area contributed by atoms with Crippen molar-refractivity contribution in [1.29, 1.82) is 0 Å². The second kappa shape index (κ2) is 30.1. The van der Waals surface area contributed by atoms with E-state index in [2.05, 4.69) is 33.6 Å². The third-order valence-electron chi connectivity index (χ3n) is 6.94. The van der Waals surface area contributed by atoms with Crippen LogP contribution in [0.1, 0.15) is 136 Å². The molecule has 0 unspecified atom stereocenters. The normalized spacial score (nSPS) is 11.2. The van der Waals surface area contributed by atoms with Crippen LogP contribution in [0, 0.1) is 0 Å². The smallest absolute Gasteiger partial charge is 0.333 e. The molecule has 0 aromatic rings. The molecule has 0 radical (unpaired) electrons. The number of nitrogens with zero attached hydrogens (tertiary/aromatic N) is 1. The Morgan fingerprint density at radius 1 is 0.703 bits per heavy atom. The molecule has 0 fully saturated rings. The molecule has 6 nitrogen and oxygen atoms in total. The molecule has 0 amide bonds. The molecule has 0 saturated carbocycles. The molecular weight excluding hydrogens is 534 g/mol. The number of hydrogen-bond donors (Lipinski definition) is 2. The predicted molar refractivity (Wildman–Crippen MR) is 159 cm³/mol. The van der Waals surface area contributed by atoms with Crippen molar-refractivity contribution in [1.82, 2.24) is 0 Å². The lowest BCUT2D eigenvalue weighted by Crippen LogP contribution is -2.50. The van der Waals surface area contributed by atoms with Crippen LogP contribution in [0.25, 0.3) is 0 Å². The molecule has 0 aliphatic rings. The van der Waals surface area contributed by atoms with Crippen LogP contribution < -0.4 is 0 Å². The lowest BCUT2D eigenvalue weighted by atomic mass is 10.1. The Kier molecular flexibility index (Phi) is 31.4. The minimum Gasteiger partial charge on any atom is -0.462 e. The van der Waals surface area contributed by atoms with Gasteiger partial charge in [0.05, 0.1) is 43.1 Å². The molecule has 0 atom stereocenters. The van der Waals surface area contributed by atoms with Gasteiger partial charge in [-0.1, -0.05) is 103 Å². The van der Waals surface area contributed by atoms with Crippen molar-refractivity contribution in [2.75, 3.05) is 40.3 Å². The van der Waals surface area contributed by atoms with E-state index in [0.717, 1.165) is 38.8 Å². The van der Waals surface area contributed by atoms with Crippen LogP contribution in [0.4, 0.5) is 0 Å². The molecule has 0 spiro atoms. The summed E-state index contributed by atoms with van der Waals surface area (Å²) in [4.78, 5) is 11.3. The van der Waals surface area contributed by atoms with Gasteiger partial charge in [0.1, 0.15) is 0 Å². The van der Waals surface area contributed by atoms with Crippen molar-refractivity contribution in [3.05, 3.63) is 12.2 Å². The second-order valence-corrected chi connectivity index (χ2v) is 11.2. The summed E-state index contributed by atoms with van der Waals surface area (Å²) in [6, 6.07) is 0. The molecule has 0 aliphatic carbocycles. The van der Waals surface area contributed by atoms with Gasteiger partial charge in [-0.25, -0.2) is 4.79 Å². The number of hydrogen-bond acceptors (Lipinski definition) is 5. The molecule has 0 rings (SSSR count). The molecule has 37 heavy (non-hydrogen) atoms. The SMILES string of the molecule is C=C(C)C(=O)OCCCCCCCCCCC[N+](CO)(CO)CCCCCCCCCCCC.COBr. The Labute approximate surface area is 238 Å². The van der Waals surface area contributed by atoms with Gasteiger partial charge in [-0.05, 0) is 39.0 Å². The summed E-state index contributed by atoms with van der Waals surface area (Å²) < 4.78 is 9.62. The lowest BCUT2D eigenvalue weighted by Gasteiger charge is -2.34. The van der Waals surface area contributed by atoms with Gasteiger partial charge in [-0.3, -0.25) is 4.48 Å². The number of halogens is 1. The van der Waals surface area contributed by atoms with Crippen LogP contribution >= 0.6 is 16.3 Å². The van der Waals surface area contributed by atoms with Crippen molar-refractivity contribution in [3.63, 3.8) is 0 Å². The van der Waals surface area contributed by atoms with Crippen LogP contribution in [0.2, 0.25) is 0 Å². The van der Waals surface area contributed by atoms with Crippen LogP contribution in [0.3, 0.4) is 0 Å². The zero-order chi connectivity index (χ0) is 28.0. The van der Waals surface area contributed by atoms with Gasteiger partial charge in [0.2, 0.25) is 0 Å².